The average Bonchev–Trinajstić information content (AvgIpc) is 2.26. The molecule has 0 aromatic rings. The molecule has 1 N–H and O–H groups in total. The molecule has 0 aliphatic heterocycles. The van der Waals surface area contributed by atoms with Crippen molar-refractivity contribution in [2.45, 2.75) is 38.8 Å². The zero-order valence-electron chi connectivity index (χ0n) is 10.0. The van der Waals surface area contributed by atoms with Gasteiger partial charge in [0.05, 0.1) is 12.5 Å². The van der Waals surface area contributed by atoms with Crippen molar-refractivity contribution in [2.24, 2.45) is 11.8 Å². The van der Waals surface area contributed by atoms with Gasteiger partial charge in [0.15, 0.2) is 0 Å². The largest absolute Gasteiger partial charge is 0.392 e. The fourth-order valence-corrected chi connectivity index (χ4v) is 2.14. The number of halogens is 3. The molecule has 0 aromatic carbocycles. The van der Waals surface area contributed by atoms with Gasteiger partial charge < -0.3 is 5.11 Å². The van der Waals surface area contributed by atoms with Gasteiger partial charge in [-0.2, -0.15) is 13.2 Å². The van der Waals surface area contributed by atoms with Crippen LogP contribution in [0.2, 0.25) is 0 Å². The zero-order valence-corrected chi connectivity index (χ0v) is 10.0. The molecular weight excluding hydrogens is 229 g/mol. The topological polar surface area (TPSA) is 20.2 Å². The molecule has 0 aromatic heterocycles. The molecule has 98 valence electrons. The van der Waals surface area contributed by atoms with E-state index in [9.17, 15) is 13.2 Å². The Labute approximate surface area is 100 Å². The van der Waals surface area contributed by atoms with Crippen molar-refractivity contribution >= 4 is 0 Å². The summed E-state index contributed by atoms with van der Waals surface area (Å²) in [5.74, 6) is -0.864. The van der Waals surface area contributed by atoms with E-state index < -0.39 is 12.1 Å². The average molecular weight is 248 g/mol. The predicted molar refractivity (Wildman–Crippen MR) is 61.5 cm³/mol. The summed E-state index contributed by atoms with van der Waals surface area (Å²) in [5.41, 5.74) is 0.949. The number of alkyl halides is 3. The highest BCUT2D eigenvalue weighted by Crippen LogP contribution is 2.39. The van der Waals surface area contributed by atoms with E-state index in [1.165, 1.54) is 0 Å². The lowest BCUT2D eigenvalue weighted by atomic mass is 9.81. The minimum atomic E-state index is -4.03. The minimum absolute atomic E-state index is 0.00299. The Bertz CT molecular complexity index is 284. The lowest BCUT2D eigenvalue weighted by molar-refractivity contribution is -0.183. The van der Waals surface area contributed by atoms with Crippen LogP contribution in [0.1, 0.15) is 32.6 Å². The third kappa shape index (κ3) is 4.94. The number of aliphatic hydroxyl groups excluding tert-OH is 1. The molecular formula is C13H19F3O. The third-order valence-corrected chi connectivity index (χ3v) is 3.28. The number of aliphatic hydroxyl groups is 1. The SMILES string of the molecule is CC(/C=C/C1CCC(C(F)(F)F)CC1)=C\CO. The second-order valence-corrected chi connectivity index (χ2v) is 4.64. The molecule has 1 aliphatic carbocycles. The summed E-state index contributed by atoms with van der Waals surface area (Å²) in [6, 6.07) is 0. The Balaban J connectivity index is 2.40. The first kappa shape index (κ1) is 14.3. The van der Waals surface area contributed by atoms with E-state index in [2.05, 4.69) is 0 Å². The predicted octanol–water partition coefficient (Wildman–Crippen LogP) is 3.85. The first-order valence-electron chi connectivity index (χ1n) is 5.96. The molecule has 0 radical (unpaired) electrons. The van der Waals surface area contributed by atoms with Crippen LogP contribution in [0.25, 0.3) is 0 Å². The van der Waals surface area contributed by atoms with Crippen LogP contribution >= 0.6 is 0 Å². The monoisotopic (exact) mass is 248 g/mol. The fourth-order valence-electron chi connectivity index (χ4n) is 2.14. The molecule has 0 bridgehead atoms. The van der Waals surface area contributed by atoms with Crippen LogP contribution in [0.15, 0.2) is 23.8 Å². The Morgan fingerprint density at radius 3 is 2.29 bits per heavy atom. The summed E-state index contributed by atoms with van der Waals surface area (Å²) in [6.07, 6.45) is 3.19. The summed E-state index contributed by atoms with van der Waals surface area (Å²) >= 11 is 0. The van der Waals surface area contributed by atoms with Gasteiger partial charge in [-0.1, -0.05) is 23.8 Å². The van der Waals surface area contributed by atoms with Gasteiger partial charge in [0.2, 0.25) is 0 Å². The van der Waals surface area contributed by atoms with Crippen LogP contribution in [-0.2, 0) is 0 Å². The lowest BCUT2D eigenvalue weighted by Gasteiger charge is -2.28. The summed E-state index contributed by atoms with van der Waals surface area (Å²) in [5, 5.41) is 8.66. The van der Waals surface area contributed by atoms with E-state index >= 15 is 0 Å². The molecule has 17 heavy (non-hydrogen) atoms. The number of allylic oxidation sites excluding steroid dienone is 3. The number of hydrogen-bond acceptors (Lipinski definition) is 1. The number of hydrogen-bond donors (Lipinski definition) is 1. The van der Waals surface area contributed by atoms with Crippen LogP contribution in [0, 0.1) is 11.8 Å². The van der Waals surface area contributed by atoms with Crippen molar-refractivity contribution in [1.82, 2.24) is 0 Å². The van der Waals surface area contributed by atoms with E-state index in [0.29, 0.717) is 12.8 Å². The molecule has 1 rings (SSSR count). The van der Waals surface area contributed by atoms with E-state index in [0.717, 1.165) is 5.57 Å². The van der Waals surface area contributed by atoms with Gasteiger partial charge in [-0.3, -0.25) is 0 Å². The Morgan fingerprint density at radius 2 is 1.82 bits per heavy atom. The van der Waals surface area contributed by atoms with Gasteiger partial charge >= 0.3 is 6.18 Å². The number of rotatable bonds is 3. The zero-order chi connectivity index (χ0) is 12.9. The van der Waals surface area contributed by atoms with Crippen LogP contribution in [0.3, 0.4) is 0 Å². The lowest BCUT2D eigenvalue weighted by Crippen LogP contribution is -2.27. The van der Waals surface area contributed by atoms with Crippen LogP contribution in [-0.4, -0.2) is 17.9 Å². The summed E-state index contributed by atoms with van der Waals surface area (Å²) < 4.78 is 37.3. The van der Waals surface area contributed by atoms with Gasteiger partial charge in [0.25, 0.3) is 0 Å². The van der Waals surface area contributed by atoms with E-state index in [1.807, 2.05) is 19.1 Å². The first-order chi connectivity index (χ1) is 7.93. The third-order valence-electron chi connectivity index (χ3n) is 3.28. The maximum absolute atomic E-state index is 12.4. The molecule has 4 heteroatoms. The maximum atomic E-state index is 12.4. The van der Waals surface area contributed by atoms with Gasteiger partial charge in [0, 0.05) is 0 Å². The van der Waals surface area contributed by atoms with Gasteiger partial charge in [-0.15, -0.1) is 0 Å². The normalized spacial score (nSPS) is 27.7. The van der Waals surface area contributed by atoms with Gasteiger partial charge in [-0.25, -0.2) is 0 Å². The van der Waals surface area contributed by atoms with Crippen molar-refractivity contribution in [3.63, 3.8) is 0 Å². The molecule has 1 nitrogen and oxygen atoms in total. The highest BCUT2D eigenvalue weighted by molar-refractivity contribution is 5.16. The second kappa shape index (κ2) is 6.24. The van der Waals surface area contributed by atoms with E-state index in [1.54, 1.807) is 6.08 Å². The molecule has 0 amide bonds. The molecule has 0 saturated heterocycles. The van der Waals surface area contributed by atoms with Crippen LogP contribution in [0.4, 0.5) is 13.2 Å². The van der Waals surface area contributed by atoms with Gasteiger partial charge in [0.1, 0.15) is 0 Å². The quantitative estimate of drug-likeness (QED) is 0.752. The Hall–Kier alpha value is -0.770. The first-order valence-corrected chi connectivity index (χ1v) is 5.96. The summed E-state index contributed by atoms with van der Waals surface area (Å²) in [4.78, 5) is 0. The van der Waals surface area contributed by atoms with E-state index in [4.69, 9.17) is 5.11 Å². The second-order valence-electron chi connectivity index (χ2n) is 4.64. The molecule has 0 unspecified atom stereocenters. The fraction of sp³-hybridized carbons (Fsp3) is 0.692. The summed E-state index contributed by atoms with van der Waals surface area (Å²) in [6.45, 7) is 1.87. The Kier molecular flexibility index (Phi) is 5.25. The Morgan fingerprint density at radius 1 is 1.24 bits per heavy atom. The van der Waals surface area contributed by atoms with E-state index in [-0.39, 0.29) is 25.4 Å². The highest BCUT2D eigenvalue weighted by atomic mass is 19.4. The van der Waals surface area contributed by atoms with Crippen LogP contribution < -0.4 is 0 Å². The molecule has 1 saturated carbocycles. The van der Waals surface area contributed by atoms with Crippen LogP contribution in [0.5, 0.6) is 0 Å². The molecule has 0 heterocycles. The highest BCUT2D eigenvalue weighted by Gasteiger charge is 2.40. The van der Waals surface area contributed by atoms with Crippen molar-refractivity contribution < 1.29 is 18.3 Å². The summed E-state index contributed by atoms with van der Waals surface area (Å²) in [7, 11) is 0. The minimum Gasteiger partial charge on any atom is -0.392 e. The molecule has 1 aliphatic rings. The smallest absolute Gasteiger partial charge is 0.391 e. The van der Waals surface area contributed by atoms with Crippen molar-refractivity contribution in [3.8, 4) is 0 Å². The van der Waals surface area contributed by atoms with Crippen molar-refractivity contribution in [2.75, 3.05) is 6.61 Å². The molecule has 0 spiro atoms. The van der Waals surface area contributed by atoms with Gasteiger partial charge in [-0.05, 0) is 38.5 Å². The standard InChI is InChI=1S/C13H19F3O/c1-10(8-9-17)2-3-11-4-6-12(7-5-11)13(14,15)16/h2-3,8,11-12,17H,4-7,9H2,1H3/b3-2+,10-8+. The van der Waals surface area contributed by atoms with Crippen molar-refractivity contribution in [3.05, 3.63) is 23.8 Å². The molecule has 1 fully saturated rings. The maximum Gasteiger partial charge on any atom is 0.391 e. The van der Waals surface area contributed by atoms with Crippen molar-refractivity contribution in [1.29, 1.82) is 0 Å². The molecule has 0 atom stereocenters.